The number of hydrogen-bond donors (Lipinski definition) is 1. The fourth-order valence-corrected chi connectivity index (χ4v) is 2.96. The number of carbonyl (C=O) groups excluding carboxylic acids is 1. The van der Waals surface area contributed by atoms with Crippen molar-refractivity contribution in [2.45, 2.75) is 38.6 Å². The molecule has 1 N–H and O–H groups in total. The summed E-state index contributed by atoms with van der Waals surface area (Å²) in [4.78, 5) is 20.6. The standard InChI is InChI=1S/C17H28N4O2/c1-13(2)21-10-15(16(11-21)23-4)19-17(22)12-20(3)9-14-5-7-18-8-6-14/h5-8,13,15-16H,9-12H2,1-4H3,(H,19,22)/t15-,16-/m1/s1. The van der Waals surface area contributed by atoms with Crippen molar-refractivity contribution >= 4 is 5.91 Å². The fraction of sp³-hybridized carbons (Fsp3) is 0.647. The van der Waals surface area contributed by atoms with Gasteiger partial charge < -0.3 is 10.1 Å². The van der Waals surface area contributed by atoms with Crippen LogP contribution in [0.2, 0.25) is 0 Å². The van der Waals surface area contributed by atoms with Gasteiger partial charge in [-0.1, -0.05) is 0 Å². The third-order valence-electron chi connectivity index (χ3n) is 4.29. The van der Waals surface area contributed by atoms with Crippen LogP contribution in [0.25, 0.3) is 0 Å². The van der Waals surface area contributed by atoms with Crippen LogP contribution in [-0.2, 0) is 16.1 Å². The minimum absolute atomic E-state index is 0.0409. The van der Waals surface area contributed by atoms with Crippen molar-refractivity contribution < 1.29 is 9.53 Å². The molecule has 1 saturated heterocycles. The van der Waals surface area contributed by atoms with Gasteiger partial charge in [0.05, 0.1) is 18.7 Å². The minimum atomic E-state index is 0.0409. The van der Waals surface area contributed by atoms with E-state index >= 15 is 0 Å². The average Bonchev–Trinajstić information content (AvgIpc) is 2.91. The van der Waals surface area contributed by atoms with Crippen molar-refractivity contribution in [3.63, 3.8) is 0 Å². The monoisotopic (exact) mass is 320 g/mol. The lowest BCUT2D eigenvalue weighted by Gasteiger charge is -2.22. The van der Waals surface area contributed by atoms with Gasteiger partial charge in [-0.3, -0.25) is 19.6 Å². The van der Waals surface area contributed by atoms with Gasteiger partial charge in [0.1, 0.15) is 0 Å². The number of pyridine rings is 1. The second-order valence-electron chi connectivity index (χ2n) is 6.52. The molecule has 1 amide bonds. The third kappa shape index (κ3) is 5.27. The zero-order valence-corrected chi connectivity index (χ0v) is 14.5. The maximum absolute atomic E-state index is 12.3. The topological polar surface area (TPSA) is 57.7 Å². The Morgan fingerprint density at radius 1 is 1.43 bits per heavy atom. The molecule has 23 heavy (non-hydrogen) atoms. The van der Waals surface area contributed by atoms with E-state index < -0.39 is 0 Å². The van der Waals surface area contributed by atoms with Crippen molar-refractivity contribution in [1.82, 2.24) is 20.1 Å². The molecule has 2 atom stereocenters. The van der Waals surface area contributed by atoms with Crippen LogP contribution in [0.3, 0.4) is 0 Å². The summed E-state index contributed by atoms with van der Waals surface area (Å²) in [6, 6.07) is 4.45. The van der Waals surface area contributed by atoms with Crippen molar-refractivity contribution in [1.29, 1.82) is 0 Å². The predicted octanol–water partition coefficient (Wildman–Crippen LogP) is 0.737. The second-order valence-corrected chi connectivity index (χ2v) is 6.52. The Bertz CT molecular complexity index is 495. The molecule has 2 rings (SSSR count). The number of aromatic nitrogens is 1. The van der Waals surface area contributed by atoms with Gasteiger partial charge in [-0.2, -0.15) is 0 Å². The Kier molecular flexibility index (Phi) is 6.50. The summed E-state index contributed by atoms with van der Waals surface area (Å²) in [7, 11) is 3.66. The van der Waals surface area contributed by atoms with Crippen molar-refractivity contribution in [2.24, 2.45) is 0 Å². The Balaban J connectivity index is 1.81. The van der Waals surface area contributed by atoms with E-state index in [0.717, 1.165) is 25.2 Å². The number of nitrogens with zero attached hydrogens (tertiary/aromatic N) is 3. The lowest BCUT2D eigenvalue weighted by atomic mass is 10.2. The molecule has 1 aliphatic heterocycles. The summed E-state index contributed by atoms with van der Waals surface area (Å²) >= 11 is 0. The van der Waals surface area contributed by atoms with E-state index in [-0.39, 0.29) is 18.1 Å². The molecule has 1 aromatic heterocycles. The van der Waals surface area contributed by atoms with E-state index in [1.165, 1.54) is 0 Å². The number of ether oxygens (including phenoxy) is 1. The average molecular weight is 320 g/mol. The number of likely N-dealkylation sites (N-methyl/N-ethyl adjacent to an activating group) is 1. The Hall–Kier alpha value is -1.50. The maximum Gasteiger partial charge on any atom is 0.234 e. The first-order chi connectivity index (χ1) is 11.0. The first-order valence-electron chi connectivity index (χ1n) is 8.13. The zero-order valence-electron chi connectivity index (χ0n) is 14.5. The molecular weight excluding hydrogens is 292 g/mol. The molecule has 6 heteroatoms. The predicted molar refractivity (Wildman–Crippen MR) is 90.0 cm³/mol. The quantitative estimate of drug-likeness (QED) is 0.803. The lowest BCUT2D eigenvalue weighted by Crippen LogP contribution is -2.47. The molecule has 6 nitrogen and oxygen atoms in total. The molecule has 0 unspecified atom stereocenters. The highest BCUT2D eigenvalue weighted by Gasteiger charge is 2.34. The molecule has 1 aromatic rings. The van der Waals surface area contributed by atoms with Gasteiger partial charge in [-0.25, -0.2) is 0 Å². The van der Waals surface area contributed by atoms with E-state index in [4.69, 9.17) is 4.74 Å². The van der Waals surface area contributed by atoms with Crippen LogP contribution in [0, 0.1) is 0 Å². The van der Waals surface area contributed by atoms with Crippen LogP contribution in [0.5, 0.6) is 0 Å². The highest BCUT2D eigenvalue weighted by molar-refractivity contribution is 5.78. The molecule has 0 radical (unpaired) electrons. The van der Waals surface area contributed by atoms with E-state index in [1.807, 2.05) is 24.1 Å². The van der Waals surface area contributed by atoms with Gasteiger partial charge in [0.25, 0.3) is 0 Å². The van der Waals surface area contributed by atoms with Gasteiger partial charge in [0.15, 0.2) is 0 Å². The second kappa shape index (κ2) is 8.38. The highest BCUT2D eigenvalue weighted by atomic mass is 16.5. The molecule has 0 aromatic carbocycles. The molecule has 0 spiro atoms. The van der Waals surface area contributed by atoms with E-state index in [1.54, 1.807) is 19.5 Å². The van der Waals surface area contributed by atoms with Crippen LogP contribution in [0.1, 0.15) is 19.4 Å². The zero-order chi connectivity index (χ0) is 16.8. The number of likely N-dealkylation sites (tertiary alicyclic amines) is 1. The van der Waals surface area contributed by atoms with Crippen LogP contribution >= 0.6 is 0 Å². The number of nitrogens with one attached hydrogen (secondary N) is 1. The summed E-state index contributed by atoms with van der Waals surface area (Å²) < 4.78 is 5.53. The Labute approximate surface area is 138 Å². The Morgan fingerprint density at radius 2 is 2.13 bits per heavy atom. The minimum Gasteiger partial charge on any atom is -0.378 e. The van der Waals surface area contributed by atoms with E-state index in [2.05, 4.69) is 29.0 Å². The van der Waals surface area contributed by atoms with Gasteiger partial charge in [0.2, 0.25) is 5.91 Å². The largest absolute Gasteiger partial charge is 0.378 e. The Morgan fingerprint density at radius 3 is 2.74 bits per heavy atom. The van der Waals surface area contributed by atoms with Crippen molar-refractivity contribution in [3.8, 4) is 0 Å². The van der Waals surface area contributed by atoms with E-state index in [9.17, 15) is 4.79 Å². The SMILES string of the molecule is CO[C@@H]1CN(C(C)C)C[C@H]1NC(=O)CN(C)Cc1ccncc1. The molecule has 0 aliphatic carbocycles. The summed E-state index contributed by atoms with van der Waals surface area (Å²) in [6.07, 6.45) is 3.60. The summed E-state index contributed by atoms with van der Waals surface area (Å²) in [6.45, 7) is 7.14. The molecular formula is C17H28N4O2. The molecule has 128 valence electrons. The summed E-state index contributed by atoms with van der Waals surface area (Å²) in [5.41, 5.74) is 1.15. The number of rotatable bonds is 7. The van der Waals surface area contributed by atoms with Crippen LogP contribution in [0.4, 0.5) is 0 Å². The normalized spacial score (nSPS) is 22.0. The van der Waals surface area contributed by atoms with Gasteiger partial charge in [0, 0.05) is 45.2 Å². The summed E-state index contributed by atoms with van der Waals surface area (Å²) in [5, 5.41) is 3.12. The van der Waals surface area contributed by atoms with Gasteiger partial charge in [-0.15, -0.1) is 0 Å². The number of carbonyl (C=O) groups is 1. The molecule has 1 fully saturated rings. The van der Waals surface area contributed by atoms with Gasteiger partial charge >= 0.3 is 0 Å². The fourth-order valence-electron chi connectivity index (χ4n) is 2.96. The first kappa shape index (κ1) is 17.8. The smallest absolute Gasteiger partial charge is 0.234 e. The van der Waals surface area contributed by atoms with E-state index in [0.29, 0.717) is 12.6 Å². The van der Waals surface area contributed by atoms with Crippen LogP contribution in [-0.4, -0.2) is 72.7 Å². The van der Waals surface area contributed by atoms with Gasteiger partial charge in [-0.05, 0) is 38.6 Å². The molecule has 0 saturated carbocycles. The summed E-state index contributed by atoms with van der Waals surface area (Å²) in [5.74, 6) is 0.0409. The highest BCUT2D eigenvalue weighted by Crippen LogP contribution is 2.15. The number of hydrogen-bond acceptors (Lipinski definition) is 5. The molecule has 0 bridgehead atoms. The maximum atomic E-state index is 12.3. The number of amides is 1. The molecule has 2 heterocycles. The van der Waals surface area contributed by atoms with Crippen molar-refractivity contribution in [2.75, 3.05) is 33.8 Å². The van der Waals surface area contributed by atoms with Crippen LogP contribution < -0.4 is 5.32 Å². The third-order valence-corrected chi connectivity index (χ3v) is 4.29. The molecule has 1 aliphatic rings. The lowest BCUT2D eigenvalue weighted by molar-refractivity contribution is -0.123. The first-order valence-corrected chi connectivity index (χ1v) is 8.13. The number of methoxy groups -OCH3 is 1. The van der Waals surface area contributed by atoms with Crippen LogP contribution in [0.15, 0.2) is 24.5 Å². The van der Waals surface area contributed by atoms with Crippen molar-refractivity contribution in [3.05, 3.63) is 30.1 Å².